The van der Waals surface area contributed by atoms with Gasteiger partial charge in [-0.25, -0.2) is 4.98 Å². The molecule has 124 valence electrons. The van der Waals surface area contributed by atoms with Crippen LogP contribution in [0, 0.1) is 6.92 Å². The molecule has 0 bridgehead atoms. The van der Waals surface area contributed by atoms with Crippen LogP contribution in [0.1, 0.15) is 28.2 Å². The molecule has 2 aromatic heterocycles. The van der Waals surface area contributed by atoms with Crippen molar-refractivity contribution in [3.8, 4) is 11.3 Å². The number of nitrogens with two attached hydrogens (primary N) is 1. The van der Waals surface area contributed by atoms with Crippen molar-refractivity contribution in [2.75, 3.05) is 12.3 Å². The van der Waals surface area contributed by atoms with Gasteiger partial charge in [0.2, 0.25) is 0 Å². The van der Waals surface area contributed by atoms with Gasteiger partial charge in [0.1, 0.15) is 5.69 Å². The molecule has 0 spiro atoms. The Morgan fingerprint density at radius 3 is 2.83 bits per heavy atom. The fraction of sp³-hybridized carbons (Fsp3) is 0.235. The maximum Gasteiger partial charge on any atom is 0.255 e. The van der Waals surface area contributed by atoms with Gasteiger partial charge in [0.25, 0.3) is 5.91 Å². The zero-order chi connectivity index (χ0) is 16.9. The molecule has 1 amide bonds. The van der Waals surface area contributed by atoms with Crippen molar-refractivity contribution in [1.82, 2.24) is 20.5 Å². The number of rotatable bonds is 6. The number of nitrogen functional groups attached to an aromatic ring is 1. The first-order valence-corrected chi connectivity index (χ1v) is 8.61. The summed E-state index contributed by atoms with van der Waals surface area (Å²) in [6.45, 7) is 2.43. The first kappa shape index (κ1) is 16.2. The Morgan fingerprint density at radius 2 is 2.12 bits per heavy atom. The molecule has 0 aliphatic heterocycles. The summed E-state index contributed by atoms with van der Waals surface area (Å²) in [7, 11) is 0. The van der Waals surface area contributed by atoms with Gasteiger partial charge in [-0.05, 0) is 19.8 Å². The highest BCUT2D eigenvalue weighted by atomic mass is 32.1. The SMILES string of the molecule is Cc1[nH]nc(-c2ccccc2)c1C(=O)NCCCc1csc(N)n1. The highest BCUT2D eigenvalue weighted by molar-refractivity contribution is 7.13. The minimum Gasteiger partial charge on any atom is -0.375 e. The molecule has 0 unspecified atom stereocenters. The maximum atomic E-state index is 12.5. The first-order valence-electron chi connectivity index (χ1n) is 7.73. The summed E-state index contributed by atoms with van der Waals surface area (Å²) in [5.74, 6) is -0.113. The molecule has 6 nitrogen and oxygen atoms in total. The van der Waals surface area contributed by atoms with Crippen LogP contribution < -0.4 is 11.1 Å². The van der Waals surface area contributed by atoms with Crippen molar-refractivity contribution in [2.24, 2.45) is 0 Å². The largest absolute Gasteiger partial charge is 0.375 e. The fourth-order valence-corrected chi connectivity index (χ4v) is 3.11. The molecule has 0 atom stereocenters. The lowest BCUT2D eigenvalue weighted by Gasteiger charge is -2.06. The van der Waals surface area contributed by atoms with Crippen molar-refractivity contribution in [2.45, 2.75) is 19.8 Å². The zero-order valence-electron chi connectivity index (χ0n) is 13.4. The van der Waals surface area contributed by atoms with Crippen LogP contribution in [0.2, 0.25) is 0 Å². The monoisotopic (exact) mass is 341 g/mol. The van der Waals surface area contributed by atoms with Crippen LogP contribution in [-0.2, 0) is 6.42 Å². The lowest BCUT2D eigenvalue weighted by Crippen LogP contribution is -2.25. The van der Waals surface area contributed by atoms with E-state index in [2.05, 4.69) is 20.5 Å². The summed E-state index contributed by atoms with van der Waals surface area (Å²) in [4.78, 5) is 16.7. The Bertz CT molecular complexity index is 825. The van der Waals surface area contributed by atoms with Crippen LogP contribution >= 0.6 is 11.3 Å². The van der Waals surface area contributed by atoms with E-state index in [0.717, 1.165) is 29.8 Å². The van der Waals surface area contributed by atoms with Crippen molar-refractivity contribution in [3.05, 3.63) is 52.7 Å². The molecular formula is C17H19N5OS. The maximum absolute atomic E-state index is 12.5. The average molecular weight is 341 g/mol. The zero-order valence-corrected chi connectivity index (χ0v) is 14.2. The molecule has 1 aromatic carbocycles. The van der Waals surface area contributed by atoms with Crippen LogP contribution in [0.25, 0.3) is 11.3 Å². The second kappa shape index (κ2) is 7.27. The number of carbonyl (C=O) groups is 1. The third-order valence-corrected chi connectivity index (χ3v) is 4.41. The standard InChI is InChI=1S/C17H19N5OS/c1-11-14(15(22-21-11)12-6-3-2-4-7-12)16(23)19-9-5-8-13-10-24-17(18)20-13/h2-4,6-7,10H,5,8-9H2,1H3,(H2,18,20)(H,19,23)(H,21,22). The van der Waals surface area contributed by atoms with Gasteiger partial charge in [-0.3, -0.25) is 9.89 Å². The highest BCUT2D eigenvalue weighted by Crippen LogP contribution is 2.23. The molecule has 0 aliphatic rings. The van der Waals surface area contributed by atoms with E-state index in [4.69, 9.17) is 5.73 Å². The predicted molar refractivity (Wildman–Crippen MR) is 95.9 cm³/mol. The molecule has 3 aromatic rings. The summed E-state index contributed by atoms with van der Waals surface area (Å²) < 4.78 is 0. The van der Waals surface area contributed by atoms with E-state index in [9.17, 15) is 4.79 Å². The van der Waals surface area contributed by atoms with E-state index in [0.29, 0.717) is 22.9 Å². The minimum absolute atomic E-state index is 0.113. The topological polar surface area (TPSA) is 96.7 Å². The smallest absolute Gasteiger partial charge is 0.255 e. The molecule has 0 saturated heterocycles. The number of amides is 1. The number of benzene rings is 1. The molecule has 0 fully saturated rings. The number of H-pyrrole nitrogens is 1. The van der Waals surface area contributed by atoms with Gasteiger partial charge < -0.3 is 11.1 Å². The number of thiazole rings is 1. The Kier molecular flexibility index (Phi) is 4.90. The van der Waals surface area contributed by atoms with Crippen molar-refractivity contribution < 1.29 is 4.79 Å². The van der Waals surface area contributed by atoms with E-state index < -0.39 is 0 Å². The number of nitrogens with one attached hydrogen (secondary N) is 2. The average Bonchev–Trinajstić information content (AvgIpc) is 3.18. The lowest BCUT2D eigenvalue weighted by atomic mass is 10.1. The summed E-state index contributed by atoms with van der Waals surface area (Å²) in [5.41, 5.74) is 9.54. The number of carbonyl (C=O) groups excluding carboxylic acids is 1. The summed E-state index contributed by atoms with van der Waals surface area (Å²) >= 11 is 1.44. The summed E-state index contributed by atoms with van der Waals surface area (Å²) in [5, 5.41) is 12.7. The third kappa shape index (κ3) is 3.62. The third-order valence-electron chi connectivity index (χ3n) is 3.69. The molecular weight excluding hydrogens is 322 g/mol. The molecule has 3 rings (SSSR count). The molecule has 7 heteroatoms. The second-order valence-electron chi connectivity index (χ2n) is 5.47. The van der Waals surface area contributed by atoms with Crippen LogP contribution in [0.5, 0.6) is 0 Å². The van der Waals surface area contributed by atoms with Gasteiger partial charge in [0.05, 0.1) is 11.3 Å². The fourth-order valence-electron chi connectivity index (χ4n) is 2.51. The summed E-state index contributed by atoms with van der Waals surface area (Å²) in [6.07, 6.45) is 1.61. The van der Waals surface area contributed by atoms with Gasteiger partial charge in [-0.15, -0.1) is 11.3 Å². The van der Waals surface area contributed by atoms with Gasteiger partial charge in [0.15, 0.2) is 5.13 Å². The Morgan fingerprint density at radius 1 is 1.33 bits per heavy atom. The van der Waals surface area contributed by atoms with Gasteiger partial charge >= 0.3 is 0 Å². The number of hydrogen-bond donors (Lipinski definition) is 3. The molecule has 0 radical (unpaired) electrons. The van der Waals surface area contributed by atoms with E-state index in [1.807, 2.05) is 42.6 Å². The quantitative estimate of drug-likeness (QED) is 0.601. The van der Waals surface area contributed by atoms with E-state index >= 15 is 0 Å². The number of aromatic amines is 1. The van der Waals surface area contributed by atoms with E-state index in [1.54, 1.807) is 0 Å². The van der Waals surface area contributed by atoms with Crippen LogP contribution in [-0.4, -0.2) is 27.6 Å². The van der Waals surface area contributed by atoms with Crippen LogP contribution in [0.4, 0.5) is 5.13 Å². The predicted octanol–water partition coefficient (Wildman–Crippen LogP) is 2.79. The molecule has 0 aliphatic carbocycles. The second-order valence-corrected chi connectivity index (χ2v) is 6.36. The Balaban J connectivity index is 1.62. The molecule has 4 N–H and O–H groups in total. The number of hydrogen-bond acceptors (Lipinski definition) is 5. The van der Waals surface area contributed by atoms with Crippen LogP contribution in [0.3, 0.4) is 0 Å². The van der Waals surface area contributed by atoms with Gasteiger partial charge in [-0.2, -0.15) is 5.10 Å². The first-order chi connectivity index (χ1) is 11.6. The number of nitrogens with zero attached hydrogens (tertiary/aromatic N) is 2. The van der Waals surface area contributed by atoms with Gasteiger partial charge in [-0.1, -0.05) is 30.3 Å². The highest BCUT2D eigenvalue weighted by Gasteiger charge is 2.18. The molecule has 0 saturated carbocycles. The van der Waals surface area contributed by atoms with Gasteiger partial charge in [0, 0.05) is 23.2 Å². The normalized spacial score (nSPS) is 10.7. The van der Waals surface area contributed by atoms with E-state index in [-0.39, 0.29) is 5.91 Å². The number of aromatic nitrogens is 3. The van der Waals surface area contributed by atoms with E-state index in [1.165, 1.54) is 11.3 Å². The van der Waals surface area contributed by atoms with Crippen molar-refractivity contribution >= 4 is 22.4 Å². The summed E-state index contributed by atoms with van der Waals surface area (Å²) in [6, 6.07) is 9.69. The van der Waals surface area contributed by atoms with Crippen molar-refractivity contribution in [1.29, 1.82) is 0 Å². The Hall–Kier alpha value is -2.67. The number of aryl methyl sites for hydroxylation is 2. The minimum atomic E-state index is -0.113. The van der Waals surface area contributed by atoms with Crippen LogP contribution in [0.15, 0.2) is 35.7 Å². The number of anilines is 1. The van der Waals surface area contributed by atoms with Crippen molar-refractivity contribution in [3.63, 3.8) is 0 Å². The molecule has 2 heterocycles. The molecule has 24 heavy (non-hydrogen) atoms. The lowest BCUT2D eigenvalue weighted by molar-refractivity contribution is 0.0953. The Labute approximate surface area is 144 Å².